The van der Waals surface area contributed by atoms with Crippen LogP contribution >= 0.6 is 0 Å². The van der Waals surface area contributed by atoms with Crippen LogP contribution in [0.4, 0.5) is 14.4 Å². The Kier molecular flexibility index (Phi) is 4.54. The third kappa shape index (κ3) is 3.27. The van der Waals surface area contributed by atoms with Gasteiger partial charge in [0.15, 0.2) is 0 Å². The Labute approximate surface area is 116 Å². The minimum Gasteiger partial charge on any atom is -0.652 e. The molecule has 0 aromatic rings. The van der Waals surface area contributed by atoms with E-state index in [2.05, 4.69) is 18.9 Å². The topological polar surface area (TPSA) is 134 Å². The molecule has 2 fully saturated rings. The third-order valence-corrected chi connectivity index (χ3v) is 0.833. The van der Waals surface area contributed by atoms with Crippen molar-refractivity contribution in [1.82, 2.24) is 0 Å². The maximum Gasteiger partial charge on any atom is 2.00 e. The fourth-order valence-corrected chi connectivity index (χ4v) is 0.507. The Morgan fingerprint density at radius 1 is 1.00 bits per heavy atom. The minimum absolute atomic E-state index is 0. The van der Waals surface area contributed by atoms with E-state index in [1.807, 2.05) is 0 Å². The number of carboxylic acid groups (broad SMARTS) is 2. The van der Waals surface area contributed by atoms with Gasteiger partial charge in [-0.2, -0.15) is 0 Å². The fourth-order valence-electron chi connectivity index (χ4n) is 0.507. The van der Waals surface area contributed by atoms with Gasteiger partial charge in [-0.3, -0.25) is 0 Å². The van der Waals surface area contributed by atoms with Crippen molar-refractivity contribution in [2.24, 2.45) is 0 Å². The van der Waals surface area contributed by atoms with Gasteiger partial charge in [-0.05, 0) is 6.16 Å². The summed E-state index contributed by atoms with van der Waals surface area (Å²) in [6.45, 7) is 0. The van der Waals surface area contributed by atoms with Crippen LogP contribution in [0.2, 0.25) is 0 Å². The summed E-state index contributed by atoms with van der Waals surface area (Å²) in [6.07, 6.45) is -5.97. The zero-order valence-electron chi connectivity index (χ0n) is 6.38. The molecule has 0 N–H and O–H groups in total. The fraction of sp³-hybridized carbons (Fsp3) is 0.250. The number of rotatable bonds is 0. The van der Waals surface area contributed by atoms with Crippen molar-refractivity contribution in [2.75, 3.05) is 0 Å². The maximum absolute atomic E-state index is 9.90. The van der Waals surface area contributed by atoms with Gasteiger partial charge in [-0.1, -0.05) is 0 Å². The van der Waals surface area contributed by atoms with Crippen LogP contribution in [0.3, 0.4) is 0 Å². The van der Waals surface area contributed by atoms with E-state index in [1.165, 1.54) is 0 Å². The second-order valence-corrected chi connectivity index (χ2v) is 1.66. The summed E-state index contributed by atoms with van der Waals surface area (Å²) in [5, 5.41) is 16.7. The standard InChI is InChI=1S/C3O6.CH2O3.Ba/c4-1-6-3(7-1)8-2(5)9-3;2-1(3)4;/h;(H2,2,3,4);/q;;+2/p-2. The molecular formula is C4BaO9. The number of carbonyl (C=O) groups is 3. The molecule has 72 valence electrons. The normalized spacial score (nSPS) is 18.6. The summed E-state index contributed by atoms with van der Waals surface area (Å²) in [7, 11) is 0. The van der Waals surface area contributed by atoms with Gasteiger partial charge in [-0.25, -0.2) is 9.59 Å². The molecule has 0 amide bonds. The van der Waals surface area contributed by atoms with E-state index in [1.54, 1.807) is 0 Å². The first-order valence-electron chi connectivity index (χ1n) is 2.65. The van der Waals surface area contributed by atoms with Crippen LogP contribution < -0.4 is 10.2 Å². The SMILES string of the molecule is O=C([O-])[O-].O=C1OC2(O1)OC(=O)O2.[Ba+2]. The van der Waals surface area contributed by atoms with E-state index in [4.69, 9.17) is 15.0 Å². The Bertz CT molecular complexity index is 226. The van der Waals surface area contributed by atoms with Crippen LogP contribution in [0.5, 0.6) is 0 Å². The molecule has 0 unspecified atom stereocenters. The molecule has 2 aliphatic heterocycles. The van der Waals surface area contributed by atoms with Crippen LogP contribution in [0.25, 0.3) is 0 Å². The summed E-state index contributed by atoms with van der Waals surface area (Å²) in [5.74, 6) is 0. The number of ether oxygens (including phenoxy) is 4. The Morgan fingerprint density at radius 2 is 1.21 bits per heavy atom. The molecule has 1 spiro atoms. The number of carbonyl (C=O) groups excluding carboxylic acids is 3. The minimum atomic E-state index is -2.33. The molecule has 0 aliphatic carbocycles. The van der Waals surface area contributed by atoms with Gasteiger partial charge in [0.25, 0.3) is 0 Å². The van der Waals surface area contributed by atoms with Gasteiger partial charge >= 0.3 is 67.4 Å². The predicted molar refractivity (Wildman–Crippen MR) is 29.0 cm³/mol. The average Bonchev–Trinajstić information content (AvgIpc) is 1.79. The van der Waals surface area contributed by atoms with E-state index in [0.29, 0.717) is 0 Å². The molecule has 2 rings (SSSR count). The van der Waals surface area contributed by atoms with Gasteiger partial charge in [-0.15, -0.1) is 0 Å². The Morgan fingerprint density at radius 3 is 1.36 bits per heavy atom. The van der Waals surface area contributed by atoms with E-state index >= 15 is 0 Å². The van der Waals surface area contributed by atoms with Crippen molar-refractivity contribution < 1.29 is 43.5 Å². The van der Waals surface area contributed by atoms with Crippen LogP contribution in [0.15, 0.2) is 0 Å². The van der Waals surface area contributed by atoms with Gasteiger partial charge in [0.1, 0.15) is 0 Å². The second kappa shape index (κ2) is 4.75. The molecule has 0 atom stereocenters. The summed E-state index contributed by atoms with van der Waals surface area (Å²) < 4.78 is 16.4. The molecule has 2 heterocycles. The monoisotopic (exact) mass is 330 g/mol. The molecule has 10 heteroatoms. The van der Waals surface area contributed by atoms with E-state index in [0.717, 1.165) is 0 Å². The number of hydrogen-bond donors (Lipinski definition) is 0. The smallest absolute Gasteiger partial charge is 0.652 e. The quantitative estimate of drug-likeness (QED) is 0.339. The van der Waals surface area contributed by atoms with Gasteiger partial charge in [0, 0.05) is 0 Å². The molecule has 9 nitrogen and oxygen atoms in total. The van der Waals surface area contributed by atoms with E-state index in [9.17, 15) is 9.59 Å². The van der Waals surface area contributed by atoms with Crippen molar-refractivity contribution in [3.05, 3.63) is 0 Å². The van der Waals surface area contributed by atoms with E-state index < -0.39 is 24.6 Å². The largest absolute Gasteiger partial charge is 2.00 e. The van der Waals surface area contributed by atoms with Crippen molar-refractivity contribution in [2.45, 2.75) is 6.16 Å². The number of hydrogen-bond acceptors (Lipinski definition) is 9. The van der Waals surface area contributed by atoms with Crippen molar-refractivity contribution in [3.63, 3.8) is 0 Å². The zero-order valence-corrected chi connectivity index (χ0v) is 10.8. The third-order valence-electron chi connectivity index (χ3n) is 0.833. The molecule has 0 radical (unpaired) electrons. The molecule has 0 bridgehead atoms. The Balaban J connectivity index is 0.000000299. The first-order chi connectivity index (χ1) is 5.93. The first kappa shape index (κ1) is 13.4. The van der Waals surface area contributed by atoms with Crippen molar-refractivity contribution >= 4 is 67.3 Å². The summed E-state index contributed by atoms with van der Waals surface area (Å²) in [6, 6.07) is 0. The summed E-state index contributed by atoms with van der Waals surface area (Å²) in [5.41, 5.74) is 0. The molecule has 0 aromatic carbocycles. The molecule has 2 saturated heterocycles. The van der Waals surface area contributed by atoms with Gasteiger partial charge in [0.2, 0.25) is 0 Å². The molecule has 0 saturated carbocycles. The van der Waals surface area contributed by atoms with Crippen LogP contribution in [-0.4, -0.2) is 73.5 Å². The van der Waals surface area contributed by atoms with Crippen LogP contribution in [-0.2, 0) is 18.9 Å². The zero-order chi connectivity index (χ0) is 10.1. The van der Waals surface area contributed by atoms with Crippen LogP contribution in [0, 0.1) is 0 Å². The van der Waals surface area contributed by atoms with Gasteiger partial charge in [0.05, 0.1) is 0 Å². The molecular weight excluding hydrogens is 329 g/mol. The second-order valence-electron chi connectivity index (χ2n) is 1.66. The van der Waals surface area contributed by atoms with Gasteiger partial charge < -0.3 is 34.0 Å². The van der Waals surface area contributed by atoms with Crippen LogP contribution in [0.1, 0.15) is 0 Å². The van der Waals surface area contributed by atoms with E-state index in [-0.39, 0.29) is 48.9 Å². The summed E-state index contributed by atoms with van der Waals surface area (Å²) >= 11 is 0. The average molecular weight is 329 g/mol. The summed E-state index contributed by atoms with van der Waals surface area (Å²) in [4.78, 5) is 28.1. The predicted octanol–water partition coefficient (Wildman–Crippen LogP) is -2.90. The maximum atomic E-state index is 9.90. The first-order valence-corrected chi connectivity index (χ1v) is 2.65. The molecule has 0 aromatic heterocycles. The van der Waals surface area contributed by atoms with Crippen molar-refractivity contribution in [3.8, 4) is 0 Å². The molecule has 14 heavy (non-hydrogen) atoms. The molecule has 2 aliphatic rings. The van der Waals surface area contributed by atoms with Crippen molar-refractivity contribution in [1.29, 1.82) is 0 Å². The Hall–Kier alpha value is -0.619.